The van der Waals surface area contributed by atoms with Gasteiger partial charge in [-0.15, -0.1) is 0 Å². The number of nitrogens with zero attached hydrogens (tertiary/aromatic N) is 1. The predicted octanol–water partition coefficient (Wildman–Crippen LogP) is 3.77. The smallest absolute Gasteiger partial charge is 0.308 e. The minimum atomic E-state index is -0.381. The fourth-order valence-electron chi connectivity index (χ4n) is 1.92. The van der Waals surface area contributed by atoms with Crippen LogP contribution in [0.4, 0.5) is 5.69 Å². The van der Waals surface area contributed by atoms with Gasteiger partial charge in [0.2, 0.25) is 0 Å². The Kier molecular flexibility index (Phi) is 5.74. The van der Waals surface area contributed by atoms with Crippen LogP contribution in [0.2, 0.25) is 0 Å². The summed E-state index contributed by atoms with van der Waals surface area (Å²) in [7, 11) is 0. The van der Waals surface area contributed by atoms with Crippen molar-refractivity contribution >= 4 is 17.9 Å². The summed E-state index contributed by atoms with van der Waals surface area (Å²) < 4.78 is 10.6. The zero-order valence-corrected chi connectivity index (χ0v) is 13.5. The van der Waals surface area contributed by atoms with Crippen LogP contribution in [0.5, 0.6) is 11.5 Å². The first-order chi connectivity index (χ1) is 11.1. The Morgan fingerprint density at radius 3 is 2.57 bits per heavy atom. The summed E-state index contributed by atoms with van der Waals surface area (Å²) in [6.07, 6.45) is 1.68. The van der Waals surface area contributed by atoms with Crippen LogP contribution in [0, 0.1) is 6.92 Å². The van der Waals surface area contributed by atoms with Crippen LogP contribution >= 0.6 is 0 Å². The van der Waals surface area contributed by atoms with E-state index in [0.717, 1.165) is 11.3 Å². The van der Waals surface area contributed by atoms with Gasteiger partial charge in [0, 0.05) is 6.92 Å². The van der Waals surface area contributed by atoms with Gasteiger partial charge in [0.05, 0.1) is 18.5 Å². The lowest BCUT2D eigenvalue weighted by Gasteiger charge is -2.10. The molecule has 5 heteroatoms. The predicted molar refractivity (Wildman–Crippen MR) is 91.3 cm³/mol. The van der Waals surface area contributed by atoms with E-state index in [0.29, 0.717) is 18.1 Å². The molecule has 2 rings (SSSR count). The molecule has 120 valence electrons. The van der Waals surface area contributed by atoms with Crippen molar-refractivity contribution in [2.75, 3.05) is 12.0 Å². The molecule has 0 saturated heterocycles. The molecule has 0 amide bonds. The van der Waals surface area contributed by atoms with Gasteiger partial charge in [-0.05, 0) is 49.7 Å². The highest BCUT2D eigenvalue weighted by Crippen LogP contribution is 2.28. The van der Waals surface area contributed by atoms with E-state index >= 15 is 0 Å². The molecule has 0 atom stereocenters. The lowest BCUT2D eigenvalue weighted by atomic mass is 10.2. The van der Waals surface area contributed by atoms with Crippen LogP contribution in [0.1, 0.15) is 25.0 Å². The Bertz CT molecular complexity index is 694. The zero-order chi connectivity index (χ0) is 16.7. The van der Waals surface area contributed by atoms with Gasteiger partial charge in [-0.25, -0.2) is 0 Å². The molecule has 0 aliphatic rings. The summed E-state index contributed by atoms with van der Waals surface area (Å²) in [5, 5.41) is 4.20. The first-order valence-corrected chi connectivity index (χ1v) is 7.39. The van der Waals surface area contributed by atoms with Crippen molar-refractivity contribution < 1.29 is 14.3 Å². The quantitative estimate of drug-likeness (QED) is 0.382. The third kappa shape index (κ3) is 5.14. The summed E-state index contributed by atoms with van der Waals surface area (Å²) in [5.41, 5.74) is 5.91. The van der Waals surface area contributed by atoms with E-state index in [2.05, 4.69) is 10.5 Å². The van der Waals surface area contributed by atoms with E-state index in [4.69, 9.17) is 9.47 Å². The van der Waals surface area contributed by atoms with Gasteiger partial charge in [-0.2, -0.15) is 5.10 Å². The summed E-state index contributed by atoms with van der Waals surface area (Å²) in [5.74, 6) is 0.540. The molecule has 0 saturated carbocycles. The lowest BCUT2D eigenvalue weighted by molar-refractivity contribution is -0.132. The molecule has 0 fully saturated rings. The highest BCUT2D eigenvalue weighted by molar-refractivity contribution is 5.82. The third-order valence-corrected chi connectivity index (χ3v) is 2.98. The molecule has 23 heavy (non-hydrogen) atoms. The molecule has 5 nitrogen and oxygen atoms in total. The fourth-order valence-corrected chi connectivity index (χ4v) is 1.92. The number of esters is 1. The summed E-state index contributed by atoms with van der Waals surface area (Å²) in [4.78, 5) is 11.1. The standard InChI is InChI=1S/C18H20N2O3/c1-4-22-18-11-15(7-10-17(18)23-14(3)21)12-19-20-16-8-5-13(2)6-9-16/h5-12,20H,4H2,1-3H3/b19-12-. The number of carbonyl (C=O) groups is 1. The monoisotopic (exact) mass is 312 g/mol. The number of hydrazone groups is 1. The summed E-state index contributed by atoms with van der Waals surface area (Å²) >= 11 is 0. The van der Waals surface area contributed by atoms with Crippen molar-refractivity contribution in [3.63, 3.8) is 0 Å². The Morgan fingerprint density at radius 2 is 1.91 bits per heavy atom. The highest BCUT2D eigenvalue weighted by Gasteiger charge is 2.08. The molecule has 0 bridgehead atoms. The summed E-state index contributed by atoms with van der Waals surface area (Å²) in [6.45, 7) is 5.75. The number of hydrogen-bond acceptors (Lipinski definition) is 5. The average Bonchev–Trinajstić information content (AvgIpc) is 2.51. The van der Waals surface area contributed by atoms with Crippen LogP contribution in [0.25, 0.3) is 0 Å². The van der Waals surface area contributed by atoms with Crippen molar-refractivity contribution in [2.24, 2.45) is 5.10 Å². The van der Waals surface area contributed by atoms with E-state index in [9.17, 15) is 4.79 Å². The second kappa shape index (κ2) is 7.98. The number of nitrogens with one attached hydrogen (secondary N) is 1. The number of rotatable bonds is 6. The van der Waals surface area contributed by atoms with Crippen molar-refractivity contribution in [1.29, 1.82) is 0 Å². The maximum absolute atomic E-state index is 11.1. The summed E-state index contributed by atoms with van der Waals surface area (Å²) in [6, 6.07) is 13.2. The van der Waals surface area contributed by atoms with E-state index in [1.165, 1.54) is 12.5 Å². The van der Waals surface area contributed by atoms with Gasteiger partial charge >= 0.3 is 5.97 Å². The minimum Gasteiger partial charge on any atom is -0.490 e. The van der Waals surface area contributed by atoms with Crippen molar-refractivity contribution in [1.82, 2.24) is 0 Å². The largest absolute Gasteiger partial charge is 0.490 e. The van der Waals surface area contributed by atoms with Crippen molar-refractivity contribution in [3.05, 3.63) is 53.6 Å². The van der Waals surface area contributed by atoms with Crippen LogP contribution in [-0.4, -0.2) is 18.8 Å². The number of ether oxygens (including phenoxy) is 2. The molecular weight excluding hydrogens is 292 g/mol. The highest BCUT2D eigenvalue weighted by atomic mass is 16.6. The second-order valence-corrected chi connectivity index (χ2v) is 4.97. The molecule has 0 heterocycles. The normalized spacial score (nSPS) is 10.6. The molecule has 2 aromatic carbocycles. The minimum absolute atomic E-state index is 0.381. The third-order valence-electron chi connectivity index (χ3n) is 2.98. The molecule has 0 spiro atoms. The van der Waals surface area contributed by atoms with E-state index in [1.54, 1.807) is 24.4 Å². The van der Waals surface area contributed by atoms with Crippen LogP contribution in [0.15, 0.2) is 47.6 Å². The van der Waals surface area contributed by atoms with E-state index in [-0.39, 0.29) is 5.97 Å². The van der Waals surface area contributed by atoms with Crippen LogP contribution in [0.3, 0.4) is 0 Å². The Balaban J connectivity index is 2.09. The number of carbonyl (C=O) groups excluding carboxylic acids is 1. The molecule has 2 aromatic rings. The van der Waals surface area contributed by atoms with Gasteiger partial charge in [-0.1, -0.05) is 17.7 Å². The SMILES string of the molecule is CCOc1cc(/C=N\Nc2ccc(C)cc2)ccc1OC(C)=O. The molecular formula is C18H20N2O3. The number of benzene rings is 2. The van der Waals surface area contributed by atoms with Gasteiger partial charge in [0.25, 0.3) is 0 Å². The first kappa shape index (κ1) is 16.5. The van der Waals surface area contributed by atoms with Gasteiger partial charge in [-0.3, -0.25) is 10.2 Å². The van der Waals surface area contributed by atoms with Gasteiger partial charge < -0.3 is 9.47 Å². The number of hydrogen-bond donors (Lipinski definition) is 1. The Morgan fingerprint density at radius 1 is 1.17 bits per heavy atom. The second-order valence-electron chi connectivity index (χ2n) is 4.97. The molecule has 0 radical (unpaired) electrons. The maximum atomic E-state index is 11.1. The van der Waals surface area contributed by atoms with Crippen molar-refractivity contribution in [3.8, 4) is 11.5 Å². The van der Waals surface area contributed by atoms with Crippen LogP contribution < -0.4 is 14.9 Å². The fraction of sp³-hybridized carbons (Fsp3) is 0.222. The molecule has 0 unspecified atom stereocenters. The topological polar surface area (TPSA) is 59.9 Å². The average molecular weight is 312 g/mol. The zero-order valence-electron chi connectivity index (χ0n) is 13.5. The van der Waals surface area contributed by atoms with E-state index in [1.807, 2.05) is 38.1 Å². The molecule has 1 N–H and O–H groups in total. The number of aryl methyl sites for hydroxylation is 1. The van der Waals surface area contributed by atoms with E-state index < -0.39 is 0 Å². The van der Waals surface area contributed by atoms with Gasteiger partial charge in [0.1, 0.15) is 0 Å². The van der Waals surface area contributed by atoms with Crippen LogP contribution in [-0.2, 0) is 4.79 Å². The maximum Gasteiger partial charge on any atom is 0.308 e. The molecule has 0 aromatic heterocycles. The number of anilines is 1. The molecule has 0 aliphatic heterocycles. The first-order valence-electron chi connectivity index (χ1n) is 7.39. The van der Waals surface area contributed by atoms with Gasteiger partial charge in [0.15, 0.2) is 11.5 Å². The molecule has 0 aliphatic carbocycles. The Labute approximate surface area is 135 Å². The Hall–Kier alpha value is -2.82. The van der Waals surface area contributed by atoms with Crippen molar-refractivity contribution in [2.45, 2.75) is 20.8 Å². The lowest BCUT2D eigenvalue weighted by Crippen LogP contribution is -2.04.